The molecule has 1 aromatic carbocycles. The van der Waals surface area contributed by atoms with E-state index in [0.29, 0.717) is 6.54 Å². The van der Waals surface area contributed by atoms with E-state index in [1.807, 2.05) is 4.90 Å². The highest BCUT2D eigenvalue weighted by Crippen LogP contribution is 2.21. The lowest BCUT2D eigenvalue weighted by atomic mass is 10.1. The van der Waals surface area contributed by atoms with Crippen molar-refractivity contribution in [3.63, 3.8) is 0 Å². The Morgan fingerprint density at radius 2 is 1.65 bits per heavy atom. The molecule has 3 heteroatoms. The molecule has 0 atom stereocenters. The highest BCUT2D eigenvalue weighted by Gasteiger charge is 2.23. The van der Waals surface area contributed by atoms with Crippen LogP contribution in [-0.2, 0) is 17.9 Å². The Bertz CT molecular complexity index is 434. The first-order valence-corrected chi connectivity index (χ1v) is 6.05. The zero-order valence-electron chi connectivity index (χ0n) is 9.80. The highest BCUT2D eigenvalue weighted by atomic mass is 16.2. The van der Waals surface area contributed by atoms with Gasteiger partial charge in [0.25, 0.3) is 0 Å². The first-order chi connectivity index (χ1) is 8.33. The van der Waals surface area contributed by atoms with E-state index >= 15 is 0 Å². The van der Waals surface area contributed by atoms with Crippen LogP contribution in [0.2, 0.25) is 0 Å². The lowest BCUT2D eigenvalue weighted by molar-refractivity contribution is -0.131. The fraction of sp³-hybridized carbons (Fsp3) is 0.357. The number of amides is 1. The van der Waals surface area contributed by atoms with Crippen molar-refractivity contribution in [2.75, 3.05) is 19.6 Å². The number of carbonyl (C=O) groups is 1. The van der Waals surface area contributed by atoms with Gasteiger partial charge in [-0.2, -0.15) is 0 Å². The smallest absolute Gasteiger partial charge is 0.237 e. The first kappa shape index (κ1) is 10.5. The summed E-state index contributed by atoms with van der Waals surface area (Å²) in [6, 6.07) is 8.43. The summed E-state index contributed by atoms with van der Waals surface area (Å²) in [6.45, 7) is 3.90. The average molecular weight is 228 g/mol. The largest absolute Gasteiger partial charge is 0.334 e. The van der Waals surface area contributed by atoms with Gasteiger partial charge in [0.2, 0.25) is 5.91 Å². The maximum absolute atomic E-state index is 12.0. The molecule has 0 saturated heterocycles. The average Bonchev–Trinajstić information content (AvgIpc) is 2.97. The summed E-state index contributed by atoms with van der Waals surface area (Å²) >= 11 is 0. The molecule has 0 unspecified atom stereocenters. The minimum Gasteiger partial charge on any atom is -0.334 e. The van der Waals surface area contributed by atoms with Gasteiger partial charge in [-0.05, 0) is 11.1 Å². The third-order valence-corrected chi connectivity index (χ3v) is 3.44. The van der Waals surface area contributed by atoms with Gasteiger partial charge in [0.1, 0.15) is 0 Å². The topological polar surface area (TPSA) is 23.6 Å². The fourth-order valence-corrected chi connectivity index (χ4v) is 2.49. The highest BCUT2D eigenvalue weighted by molar-refractivity contribution is 5.79. The molecule has 0 N–H and O–H groups in total. The Morgan fingerprint density at radius 3 is 2.24 bits per heavy atom. The van der Waals surface area contributed by atoms with E-state index in [1.54, 1.807) is 0 Å². The summed E-state index contributed by atoms with van der Waals surface area (Å²) < 4.78 is 0. The van der Waals surface area contributed by atoms with Gasteiger partial charge < -0.3 is 4.90 Å². The summed E-state index contributed by atoms with van der Waals surface area (Å²) in [5.41, 5.74) is 2.72. The van der Waals surface area contributed by atoms with Crippen LogP contribution in [-0.4, -0.2) is 35.3 Å². The van der Waals surface area contributed by atoms with Crippen LogP contribution < -0.4 is 0 Å². The fourth-order valence-electron chi connectivity index (χ4n) is 2.49. The number of carbonyl (C=O) groups excluding carboxylic acids is 1. The van der Waals surface area contributed by atoms with Gasteiger partial charge in [0.05, 0.1) is 6.54 Å². The van der Waals surface area contributed by atoms with Crippen molar-refractivity contribution in [2.24, 2.45) is 0 Å². The van der Waals surface area contributed by atoms with Crippen molar-refractivity contribution in [1.29, 1.82) is 0 Å². The second-order valence-corrected chi connectivity index (χ2v) is 4.68. The third kappa shape index (κ3) is 2.11. The molecule has 0 saturated carbocycles. The monoisotopic (exact) mass is 228 g/mol. The summed E-state index contributed by atoms with van der Waals surface area (Å²) in [6.07, 6.45) is 4.10. The maximum Gasteiger partial charge on any atom is 0.237 e. The van der Waals surface area contributed by atoms with E-state index in [2.05, 4.69) is 41.3 Å². The van der Waals surface area contributed by atoms with E-state index in [0.717, 1.165) is 26.2 Å². The molecule has 0 aromatic heterocycles. The molecule has 3 nitrogen and oxygen atoms in total. The Kier molecular flexibility index (Phi) is 2.69. The van der Waals surface area contributed by atoms with E-state index in [-0.39, 0.29) is 5.91 Å². The summed E-state index contributed by atoms with van der Waals surface area (Å²) in [5.74, 6) is 0.239. The molecule has 3 rings (SSSR count). The number of hydrogen-bond acceptors (Lipinski definition) is 2. The molecule has 0 radical (unpaired) electrons. The number of fused-ring (bicyclic) bond motifs is 1. The van der Waals surface area contributed by atoms with Crippen LogP contribution in [0.1, 0.15) is 11.1 Å². The van der Waals surface area contributed by atoms with Crippen LogP contribution in [0.4, 0.5) is 0 Å². The molecule has 2 aliphatic rings. The molecule has 2 heterocycles. The number of rotatable bonds is 2. The summed E-state index contributed by atoms with van der Waals surface area (Å²) in [7, 11) is 0. The van der Waals surface area contributed by atoms with E-state index < -0.39 is 0 Å². The molecular formula is C14H16N2O. The third-order valence-electron chi connectivity index (χ3n) is 3.44. The van der Waals surface area contributed by atoms with Gasteiger partial charge in [0, 0.05) is 26.2 Å². The Morgan fingerprint density at radius 1 is 1.06 bits per heavy atom. The van der Waals surface area contributed by atoms with Crippen molar-refractivity contribution < 1.29 is 4.79 Å². The molecule has 0 spiro atoms. The lowest BCUT2D eigenvalue weighted by Crippen LogP contribution is -2.37. The predicted octanol–water partition coefficient (Wildman–Crippen LogP) is 1.40. The van der Waals surface area contributed by atoms with Crippen molar-refractivity contribution in [3.05, 3.63) is 47.5 Å². The first-order valence-electron chi connectivity index (χ1n) is 6.05. The van der Waals surface area contributed by atoms with Gasteiger partial charge in [0.15, 0.2) is 0 Å². The summed E-state index contributed by atoms with van der Waals surface area (Å²) in [4.78, 5) is 16.1. The quantitative estimate of drug-likeness (QED) is 0.714. The standard InChI is InChI=1S/C14H16N2O/c17-14(16-7-3-4-8-16)11-15-9-12-5-1-2-6-13(12)10-15/h1-6H,7-11H2. The van der Waals surface area contributed by atoms with Crippen molar-refractivity contribution in [1.82, 2.24) is 9.80 Å². The van der Waals surface area contributed by atoms with Crippen LogP contribution in [0.5, 0.6) is 0 Å². The van der Waals surface area contributed by atoms with E-state index in [4.69, 9.17) is 0 Å². The SMILES string of the molecule is O=C(CN1Cc2ccccc2C1)N1CC=CC1. The second-order valence-electron chi connectivity index (χ2n) is 4.68. The molecule has 2 aliphatic heterocycles. The lowest BCUT2D eigenvalue weighted by Gasteiger charge is -2.20. The number of hydrogen-bond donors (Lipinski definition) is 0. The van der Waals surface area contributed by atoms with Crippen LogP contribution in [0.3, 0.4) is 0 Å². The van der Waals surface area contributed by atoms with Crippen molar-refractivity contribution in [3.8, 4) is 0 Å². The van der Waals surface area contributed by atoms with Crippen molar-refractivity contribution >= 4 is 5.91 Å². The molecular weight excluding hydrogens is 212 g/mol. The minimum absolute atomic E-state index is 0.239. The maximum atomic E-state index is 12.0. The van der Waals surface area contributed by atoms with Crippen molar-refractivity contribution in [2.45, 2.75) is 13.1 Å². The van der Waals surface area contributed by atoms with Crippen LogP contribution >= 0.6 is 0 Å². The van der Waals surface area contributed by atoms with Gasteiger partial charge in [-0.1, -0.05) is 36.4 Å². The summed E-state index contributed by atoms with van der Waals surface area (Å²) in [5, 5.41) is 0. The van der Waals surface area contributed by atoms with E-state index in [9.17, 15) is 4.79 Å². The normalized spacial score (nSPS) is 18.7. The zero-order chi connectivity index (χ0) is 11.7. The Hall–Kier alpha value is -1.61. The zero-order valence-corrected chi connectivity index (χ0v) is 9.80. The Labute approximate surface area is 101 Å². The molecule has 1 aromatic rings. The molecule has 88 valence electrons. The Balaban J connectivity index is 1.60. The molecule has 0 fully saturated rings. The van der Waals surface area contributed by atoms with Gasteiger partial charge in [-0.3, -0.25) is 9.69 Å². The number of nitrogens with zero attached hydrogens (tertiary/aromatic N) is 2. The van der Waals surface area contributed by atoms with Gasteiger partial charge in [-0.25, -0.2) is 0 Å². The molecule has 17 heavy (non-hydrogen) atoms. The van der Waals surface area contributed by atoms with E-state index in [1.165, 1.54) is 11.1 Å². The molecule has 0 bridgehead atoms. The minimum atomic E-state index is 0.239. The predicted molar refractivity (Wildman–Crippen MR) is 66.3 cm³/mol. The molecule has 0 aliphatic carbocycles. The number of benzene rings is 1. The van der Waals surface area contributed by atoms with Crippen LogP contribution in [0, 0.1) is 0 Å². The van der Waals surface area contributed by atoms with Crippen LogP contribution in [0.15, 0.2) is 36.4 Å². The van der Waals surface area contributed by atoms with Gasteiger partial charge in [-0.15, -0.1) is 0 Å². The molecule has 1 amide bonds. The second kappa shape index (κ2) is 4.34. The van der Waals surface area contributed by atoms with Gasteiger partial charge >= 0.3 is 0 Å². The van der Waals surface area contributed by atoms with Crippen LogP contribution in [0.25, 0.3) is 0 Å².